The minimum Gasteiger partial charge on any atom is -0.316 e. The first-order chi connectivity index (χ1) is 9.42. The van der Waals surface area contributed by atoms with Crippen LogP contribution in [0, 0.1) is 13.8 Å². The Hall–Kier alpha value is -1.44. The second-order valence-electron chi connectivity index (χ2n) is 4.44. The first-order valence-electron chi connectivity index (χ1n) is 6.13. The molecule has 0 saturated heterocycles. The van der Waals surface area contributed by atoms with Gasteiger partial charge in [0.2, 0.25) is 0 Å². The number of hydrogen-bond acceptors (Lipinski definition) is 5. The quantitative estimate of drug-likeness (QED) is 0.888. The lowest BCUT2D eigenvalue weighted by molar-refractivity contribution is 0.601. The van der Waals surface area contributed by atoms with Crippen LogP contribution < -0.4 is 10.0 Å². The van der Waals surface area contributed by atoms with Crippen LogP contribution in [-0.2, 0) is 16.6 Å². The molecule has 0 aliphatic rings. The Morgan fingerprint density at radius 3 is 2.65 bits per heavy atom. The van der Waals surface area contributed by atoms with Gasteiger partial charge in [0.15, 0.2) is 5.13 Å². The van der Waals surface area contributed by atoms with E-state index in [1.165, 1.54) is 11.3 Å². The molecule has 2 rings (SSSR count). The van der Waals surface area contributed by atoms with E-state index in [1.807, 2.05) is 27.0 Å². The first-order valence-corrected chi connectivity index (χ1v) is 8.43. The molecule has 20 heavy (non-hydrogen) atoms. The number of nitrogens with zero attached hydrogens (tertiary/aromatic N) is 1. The van der Waals surface area contributed by atoms with Gasteiger partial charge in [0.05, 0.1) is 10.6 Å². The van der Waals surface area contributed by atoms with Gasteiger partial charge in [0.1, 0.15) is 0 Å². The highest BCUT2D eigenvalue weighted by Gasteiger charge is 2.17. The van der Waals surface area contributed by atoms with Crippen molar-refractivity contribution in [2.75, 3.05) is 11.8 Å². The molecular formula is C13H17N3O2S2. The summed E-state index contributed by atoms with van der Waals surface area (Å²) in [5, 5.41) is 3.40. The summed E-state index contributed by atoms with van der Waals surface area (Å²) < 4.78 is 27.2. The fraction of sp³-hybridized carbons (Fsp3) is 0.308. The van der Waals surface area contributed by atoms with Gasteiger partial charge >= 0.3 is 0 Å². The number of nitrogens with one attached hydrogen (secondary N) is 2. The average Bonchev–Trinajstić information content (AvgIpc) is 2.68. The molecule has 7 heteroatoms. The zero-order valence-corrected chi connectivity index (χ0v) is 13.2. The summed E-state index contributed by atoms with van der Waals surface area (Å²) in [6, 6.07) is 6.85. The van der Waals surface area contributed by atoms with Crippen LogP contribution in [0.4, 0.5) is 5.13 Å². The molecule has 108 valence electrons. The van der Waals surface area contributed by atoms with Crippen molar-refractivity contribution in [2.24, 2.45) is 0 Å². The summed E-state index contributed by atoms with van der Waals surface area (Å²) in [5.74, 6) is 0. The van der Waals surface area contributed by atoms with Gasteiger partial charge in [-0.3, -0.25) is 4.72 Å². The summed E-state index contributed by atoms with van der Waals surface area (Å²) in [6.07, 6.45) is 0. The third-order valence-electron chi connectivity index (χ3n) is 2.84. The van der Waals surface area contributed by atoms with Crippen molar-refractivity contribution in [3.63, 3.8) is 0 Å². The van der Waals surface area contributed by atoms with Gasteiger partial charge in [-0.15, -0.1) is 11.3 Å². The molecule has 5 nitrogen and oxygen atoms in total. The van der Waals surface area contributed by atoms with Crippen molar-refractivity contribution in [2.45, 2.75) is 25.3 Å². The molecule has 0 aliphatic heterocycles. The SMILES string of the molecule is CNCc1cccc(S(=O)(=O)Nc2nc(C)c(C)s2)c1. The number of benzene rings is 1. The number of aromatic nitrogens is 1. The van der Waals surface area contributed by atoms with Gasteiger partial charge in [0, 0.05) is 11.4 Å². The maximum absolute atomic E-state index is 12.3. The fourth-order valence-corrected chi connectivity index (χ4v) is 3.84. The van der Waals surface area contributed by atoms with Gasteiger partial charge in [-0.25, -0.2) is 13.4 Å². The molecule has 0 radical (unpaired) electrons. The number of thiazole rings is 1. The van der Waals surface area contributed by atoms with Crippen molar-refractivity contribution in [1.82, 2.24) is 10.3 Å². The van der Waals surface area contributed by atoms with Gasteiger partial charge in [0.25, 0.3) is 10.0 Å². The van der Waals surface area contributed by atoms with Crippen LogP contribution in [0.25, 0.3) is 0 Å². The van der Waals surface area contributed by atoms with E-state index in [0.29, 0.717) is 11.7 Å². The number of hydrogen-bond donors (Lipinski definition) is 2. The Bertz CT molecular complexity index is 689. The Balaban J connectivity index is 2.28. The Morgan fingerprint density at radius 2 is 2.05 bits per heavy atom. The number of aryl methyl sites for hydroxylation is 2. The predicted molar refractivity (Wildman–Crippen MR) is 81.6 cm³/mol. The lowest BCUT2D eigenvalue weighted by Crippen LogP contribution is -2.14. The Labute approximate surface area is 123 Å². The van der Waals surface area contributed by atoms with E-state index in [-0.39, 0.29) is 4.90 Å². The van der Waals surface area contributed by atoms with E-state index in [9.17, 15) is 8.42 Å². The van der Waals surface area contributed by atoms with Crippen LogP contribution in [0.2, 0.25) is 0 Å². The zero-order chi connectivity index (χ0) is 14.8. The lowest BCUT2D eigenvalue weighted by atomic mass is 10.2. The minimum atomic E-state index is -3.59. The van der Waals surface area contributed by atoms with Crippen molar-refractivity contribution in [1.29, 1.82) is 0 Å². The molecule has 0 spiro atoms. The summed E-state index contributed by atoms with van der Waals surface area (Å²) >= 11 is 1.34. The molecule has 0 bridgehead atoms. The highest BCUT2D eigenvalue weighted by atomic mass is 32.2. The molecular weight excluding hydrogens is 294 g/mol. The van der Waals surface area contributed by atoms with Crippen LogP contribution in [0.5, 0.6) is 0 Å². The standard InChI is InChI=1S/C13H17N3O2S2/c1-9-10(2)19-13(15-9)16-20(17,18)12-6-4-5-11(7-12)8-14-3/h4-7,14H,8H2,1-3H3,(H,15,16). The van der Waals surface area contributed by atoms with Crippen LogP contribution in [0.1, 0.15) is 16.1 Å². The normalized spacial score (nSPS) is 11.6. The number of rotatable bonds is 5. The highest BCUT2D eigenvalue weighted by molar-refractivity contribution is 7.93. The van der Waals surface area contributed by atoms with E-state index < -0.39 is 10.0 Å². The van der Waals surface area contributed by atoms with Gasteiger partial charge in [-0.2, -0.15) is 0 Å². The zero-order valence-electron chi connectivity index (χ0n) is 11.6. The van der Waals surface area contributed by atoms with E-state index >= 15 is 0 Å². The molecule has 0 aliphatic carbocycles. The van der Waals surface area contributed by atoms with E-state index in [0.717, 1.165) is 16.1 Å². The summed E-state index contributed by atoms with van der Waals surface area (Å²) in [6.45, 7) is 4.40. The summed E-state index contributed by atoms with van der Waals surface area (Å²) in [4.78, 5) is 5.45. The molecule has 2 N–H and O–H groups in total. The van der Waals surface area contributed by atoms with Crippen molar-refractivity contribution < 1.29 is 8.42 Å². The van der Waals surface area contributed by atoms with Crippen molar-refractivity contribution >= 4 is 26.5 Å². The van der Waals surface area contributed by atoms with Crippen molar-refractivity contribution in [3.8, 4) is 0 Å². The van der Waals surface area contributed by atoms with Gasteiger partial charge in [-0.05, 0) is 38.6 Å². The second-order valence-corrected chi connectivity index (χ2v) is 7.33. The lowest BCUT2D eigenvalue weighted by Gasteiger charge is -2.07. The maximum atomic E-state index is 12.3. The summed E-state index contributed by atoms with van der Waals surface area (Å²) in [7, 11) is -1.77. The van der Waals surface area contributed by atoms with Crippen molar-refractivity contribution in [3.05, 3.63) is 40.4 Å². The molecule has 0 fully saturated rings. The molecule has 0 saturated carbocycles. The smallest absolute Gasteiger partial charge is 0.263 e. The summed E-state index contributed by atoms with van der Waals surface area (Å²) in [5.41, 5.74) is 1.76. The Morgan fingerprint density at radius 1 is 1.30 bits per heavy atom. The highest BCUT2D eigenvalue weighted by Crippen LogP contribution is 2.24. The molecule has 2 aromatic rings. The minimum absolute atomic E-state index is 0.246. The molecule has 1 heterocycles. The number of anilines is 1. The molecule has 0 atom stereocenters. The fourth-order valence-electron chi connectivity index (χ4n) is 1.72. The molecule has 0 unspecified atom stereocenters. The average molecular weight is 311 g/mol. The number of sulfonamides is 1. The van der Waals surface area contributed by atoms with E-state index in [2.05, 4.69) is 15.0 Å². The third kappa shape index (κ3) is 3.36. The van der Waals surface area contributed by atoms with Crippen LogP contribution >= 0.6 is 11.3 Å². The van der Waals surface area contributed by atoms with E-state index in [1.54, 1.807) is 18.2 Å². The molecule has 1 aromatic carbocycles. The van der Waals surface area contributed by atoms with Crippen LogP contribution in [0.3, 0.4) is 0 Å². The van der Waals surface area contributed by atoms with Gasteiger partial charge in [-0.1, -0.05) is 12.1 Å². The van der Waals surface area contributed by atoms with Crippen LogP contribution in [0.15, 0.2) is 29.2 Å². The van der Waals surface area contributed by atoms with Crippen LogP contribution in [-0.4, -0.2) is 20.4 Å². The maximum Gasteiger partial charge on any atom is 0.263 e. The molecule has 1 aromatic heterocycles. The monoisotopic (exact) mass is 311 g/mol. The molecule has 0 amide bonds. The van der Waals surface area contributed by atoms with Gasteiger partial charge < -0.3 is 5.32 Å². The topological polar surface area (TPSA) is 71.1 Å². The Kier molecular flexibility index (Phi) is 4.42. The first kappa shape index (κ1) is 15.0. The second kappa shape index (κ2) is 5.90. The largest absolute Gasteiger partial charge is 0.316 e. The van der Waals surface area contributed by atoms with E-state index in [4.69, 9.17) is 0 Å². The third-order valence-corrected chi connectivity index (χ3v) is 5.29. The predicted octanol–water partition coefficient (Wildman–Crippen LogP) is 2.28.